The fraction of sp³-hybridized carbons (Fsp3) is 0.650. The van der Waals surface area contributed by atoms with E-state index >= 15 is 0 Å². The van der Waals surface area contributed by atoms with E-state index in [-0.39, 0.29) is 11.1 Å². The topological polar surface area (TPSA) is 123 Å². The van der Waals surface area contributed by atoms with E-state index in [9.17, 15) is 19.4 Å². The van der Waals surface area contributed by atoms with Gasteiger partial charge in [-0.3, -0.25) is 13.8 Å². The number of carboxylic acids is 1. The van der Waals surface area contributed by atoms with Crippen LogP contribution in [0.1, 0.15) is 38.5 Å². The summed E-state index contributed by atoms with van der Waals surface area (Å²) in [5.41, 5.74) is 0. The van der Waals surface area contributed by atoms with Crippen molar-refractivity contribution >= 4 is 13.8 Å². The number of phosphoric acid groups is 1. The lowest BCUT2D eigenvalue weighted by molar-refractivity contribution is -0.922. The molecule has 3 N–H and O–H groups in total. The molecule has 0 saturated carbocycles. The fourth-order valence-corrected chi connectivity index (χ4v) is 3.64. The Balaban J connectivity index is 2.23. The third-order valence-electron chi connectivity index (χ3n) is 4.33. The van der Waals surface area contributed by atoms with Crippen LogP contribution in [-0.2, 0) is 18.4 Å². The normalized spacial score (nSPS) is 15.9. The number of aliphatic hydroxyl groups is 1. The monoisotopic (exact) mass is 448 g/mol. The van der Waals surface area contributed by atoms with Crippen molar-refractivity contribution in [1.29, 1.82) is 0 Å². The van der Waals surface area contributed by atoms with E-state index in [1.165, 1.54) is 0 Å². The lowest BCUT2D eigenvalue weighted by Crippen LogP contribution is -2.52. The van der Waals surface area contributed by atoms with Gasteiger partial charge in [0, 0.05) is 0 Å². The second-order valence-electron chi connectivity index (χ2n) is 8.00. The van der Waals surface area contributed by atoms with E-state index < -0.39 is 32.5 Å². The largest absolute Gasteiger partial charge is 0.494 e. The number of nitrogens with zero attached hydrogens (tertiary/aromatic N) is 1. The molecule has 1 rings (SSSR count). The van der Waals surface area contributed by atoms with E-state index in [1.54, 1.807) is 21.1 Å². The molecule has 0 aliphatic carbocycles. The maximum absolute atomic E-state index is 12.1. The standard InChI is InChI=1S/C20H34NO8P/c1-21(2,3)20(24)18(16-19(22)23)29-30(25,26)28-15-11-6-4-5-10-14-27-17-12-8-7-9-13-17/h7-9,12-13,18,20,24H,4-6,10-11,14-16H2,1-3H3,(H-,22,23,25,26)/p+1/t18-,20?/m1/s1. The van der Waals surface area contributed by atoms with Gasteiger partial charge < -0.3 is 24.3 Å². The summed E-state index contributed by atoms with van der Waals surface area (Å²) in [6.45, 7) is 0.647. The van der Waals surface area contributed by atoms with Gasteiger partial charge in [-0.1, -0.05) is 37.5 Å². The van der Waals surface area contributed by atoms with E-state index in [0.29, 0.717) is 13.0 Å². The average Bonchev–Trinajstić information content (AvgIpc) is 2.65. The van der Waals surface area contributed by atoms with Crippen molar-refractivity contribution in [3.63, 3.8) is 0 Å². The fourth-order valence-electron chi connectivity index (χ4n) is 2.69. The molecule has 10 heteroatoms. The first-order valence-electron chi connectivity index (χ1n) is 10.1. The van der Waals surface area contributed by atoms with Gasteiger partial charge >= 0.3 is 13.8 Å². The number of likely N-dealkylation sites (N-methyl/N-ethyl adjacent to an activating group) is 1. The van der Waals surface area contributed by atoms with Crippen LogP contribution in [0.2, 0.25) is 0 Å². The smallest absolute Gasteiger partial charge is 0.472 e. The molecule has 2 unspecified atom stereocenters. The first kappa shape index (κ1) is 26.6. The lowest BCUT2D eigenvalue weighted by atomic mass is 10.1. The summed E-state index contributed by atoms with van der Waals surface area (Å²) >= 11 is 0. The van der Waals surface area contributed by atoms with Gasteiger partial charge in [-0.15, -0.1) is 0 Å². The molecule has 0 heterocycles. The zero-order valence-electron chi connectivity index (χ0n) is 18.0. The molecule has 0 spiro atoms. The van der Waals surface area contributed by atoms with Gasteiger partial charge in [0.1, 0.15) is 5.75 Å². The van der Waals surface area contributed by atoms with Gasteiger partial charge in [-0.05, 0) is 25.0 Å². The second kappa shape index (κ2) is 13.0. The van der Waals surface area contributed by atoms with Crippen molar-refractivity contribution in [2.75, 3.05) is 34.4 Å². The second-order valence-corrected chi connectivity index (χ2v) is 9.41. The zero-order valence-corrected chi connectivity index (χ0v) is 18.9. The number of ether oxygens (including phenoxy) is 1. The number of unbranched alkanes of at least 4 members (excludes halogenated alkanes) is 4. The molecule has 0 fully saturated rings. The summed E-state index contributed by atoms with van der Waals surface area (Å²) in [5, 5.41) is 19.2. The highest BCUT2D eigenvalue weighted by Gasteiger charge is 2.39. The Morgan fingerprint density at radius 3 is 2.17 bits per heavy atom. The van der Waals surface area contributed by atoms with Gasteiger partial charge in [0.05, 0.1) is 40.8 Å². The predicted molar refractivity (Wildman–Crippen MR) is 112 cm³/mol. The minimum Gasteiger partial charge on any atom is -0.494 e. The first-order chi connectivity index (χ1) is 14.0. The Labute approximate surface area is 178 Å². The number of rotatable bonds is 16. The number of aliphatic carboxylic acids is 1. The summed E-state index contributed by atoms with van der Waals surface area (Å²) in [5.74, 6) is -0.398. The molecule has 3 atom stereocenters. The van der Waals surface area contributed by atoms with Crippen molar-refractivity contribution in [1.82, 2.24) is 0 Å². The number of carbonyl (C=O) groups is 1. The SMILES string of the molecule is C[N+](C)(C)C(O)[C@@H](CC(=O)O)OP(=O)(O)OCCCCCCCOc1ccccc1. The molecule has 30 heavy (non-hydrogen) atoms. The third-order valence-corrected chi connectivity index (χ3v) is 5.37. The summed E-state index contributed by atoms with van der Waals surface area (Å²) in [7, 11) is 0.384. The number of quaternary nitrogens is 1. The van der Waals surface area contributed by atoms with Crippen LogP contribution >= 0.6 is 7.82 Å². The number of aliphatic hydroxyl groups excluding tert-OH is 1. The van der Waals surface area contributed by atoms with Crippen LogP contribution in [0.5, 0.6) is 5.75 Å². The molecule has 1 aromatic carbocycles. The average molecular weight is 448 g/mol. The minimum atomic E-state index is -4.48. The van der Waals surface area contributed by atoms with Gasteiger partial charge in [0.25, 0.3) is 0 Å². The number of hydrogen-bond acceptors (Lipinski definition) is 6. The van der Waals surface area contributed by atoms with Gasteiger partial charge in [-0.25, -0.2) is 4.57 Å². The number of para-hydroxylation sites is 1. The highest BCUT2D eigenvalue weighted by molar-refractivity contribution is 7.47. The Morgan fingerprint density at radius 1 is 1.03 bits per heavy atom. The Morgan fingerprint density at radius 2 is 1.60 bits per heavy atom. The predicted octanol–water partition coefficient (Wildman–Crippen LogP) is 3.02. The van der Waals surface area contributed by atoms with Crippen LogP contribution in [0, 0.1) is 0 Å². The first-order valence-corrected chi connectivity index (χ1v) is 11.6. The highest BCUT2D eigenvalue weighted by atomic mass is 31.2. The molecule has 9 nitrogen and oxygen atoms in total. The molecular formula is C20H35NO8P+. The summed E-state index contributed by atoms with van der Waals surface area (Å²) in [6, 6.07) is 9.60. The quantitative estimate of drug-likeness (QED) is 0.153. The molecule has 172 valence electrons. The van der Waals surface area contributed by atoms with Crippen LogP contribution < -0.4 is 4.74 Å². The minimum absolute atomic E-state index is 0.00849. The molecular weight excluding hydrogens is 413 g/mol. The number of benzene rings is 1. The van der Waals surface area contributed by atoms with E-state index in [4.69, 9.17) is 18.9 Å². The van der Waals surface area contributed by atoms with Crippen molar-refractivity contribution < 1.29 is 42.7 Å². The van der Waals surface area contributed by atoms with Crippen molar-refractivity contribution in [3.05, 3.63) is 30.3 Å². The molecule has 0 radical (unpaired) electrons. The van der Waals surface area contributed by atoms with Gasteiger partial charge in [0.2, 0.25) is 6.23 Å². The molecule has 0 aromatic heterocycles. The molecule has 0 aliphatic heterocycles. The maximum atomic E-state index is 12.1. The van der Waals surface area contributed by atoms with Crippen LogP contribution in [0.15, 0.2) is 30.3 Å². The maximum Gasteiger partial charge on any atom is 0.472 e. The van der Waals surface area contributed by atoms with Crippen LogP contribution in [0.3, 0.4) is 0 Å². The Hall–Kier alpha value is -1.48. The molecule has 1 aromatic rings. The van der Waals surface area contributed by atoms with E-state index in [2.05, 4.69) is 0 Å². The Kier molecular flexibility index (Phi) is 11.5. The van der Waals surface area contributed by atoms with E-state index in [0.717, 1.165) is 31.4 Å². The van der Waals surface area contributed by atoms with Gasteiger partial charge in [0.15, 0.2) is 6.10 Å². The zero-order chi connectivity index (χ0) is 22.6. The highest BCUT2D eigenvalue weighted by Crippen LogP contribution is 2.46. The molecule has 0 aliphatic rings. The van der Waals surface area contributed by atoms with Crippen molar-refractivity contribution in [3.8, 4) is 5.75 Å². The number of hydrogen-bond donors (Lipinski definition) is 3. The van der Waals surface area contributed by atoms with Crippen molar-refractivity contribution in [2.45, 2.75) is 50.9 Å². The number of carboxylic acid groups (broad SMARTS) is 1. The van der Waals surface area contributed by atoms with Crippen molar-refractivity contribution in [2.24, 2.45) is 0 Å². The molecule has 0 bridgehead atoms. The van der Waals surface area contributed by atoms with Crippen LogP contribution in [0.4, 0.5) is 0 Å². The number of phosphoric ester groups is 1. The molecule has 0 saturated heterocycles. The molecule has 0 amide bonds. The summed E-state index contributed by atoms with van der Waals surface area (Å²) in [6.07, 6.45) is 0.898. The van der Waals surface area contributed by atoms with Gasteiger partial charge in [-0.2, -0.15) is 0 Å². The lowest BCUT2D eigenvalue weighted by Gasteiger charge is -2.34. The summed E-state index contributed by atoms with van der Waals surface area (Å²) < 4.78 is 27.6. The van der Waals surface area contributed by atoms with Crippen LogP contribution in [0.25, 0.3) is 0 Å². The summed E-state index contributed by atoms with van der Waals surface area (Å²) in [4.78, 5) is 20.9. The van der Waals surface area contributed by atoms with Crippen LogP contribution in [-0.4, -0.2) is 72.2 Å². The van der Waals surface area contributed by atoms with E-state index in [1.807, 2.05) is 30.3 Å². The third kappa shape index (κ3) is 11.6. The Bertz CT molecular complexity index is 665.